The molecular weight excluding hydrogens is 257 g/mol. The Kier molecular flexibility index (Phi) is 3.83. The third kappa shape index (κ3) is 2.80. The van der Waals surface area contributed by atoms with Crippen LogP contribution in [0.3, 0.4) is 0 Å². The minimum atomic E-state index is -0.793. The van der Waals surface area contributed by atoms with Gasteiger partial charge in [-0.2, -0.15) is 4.39 Å². The first-order valence-electron chi connectivity index (χ1n) is 4.99. The van der Waals surface area contributed by atoms with E-state index in [1.807, 2.05) is 0 Å². The average molecular weight is 265 g/mol. The van der Waals surface area contributed by atoms with Gasteiger partial charge in [-0.3, -0.25) is 15.1 Å². The summed E-state index contributed by atoms with van der Waals surface area (Å²) in [5.41, 5.74) is -0.230. The summed E-state index contributed by atoms with van der Waals surface area (Å²) in [4.78, 5) is 17.8. The molecule has 0 atom stereocenters. The molecule has 0 amide bonds. The SMILES string of the molecule is O=[N+]([O-])c1cccc(CSc2cnccn2)c1F. The molecule has 0 unspecified atom stereocenters. The number of nitro groups is 1. The van der Waals surface area contributed by atoms with Gasteiger partial charge in [0.15, 0.2) is 0 Å². The fourth-order valence-corrected chi connectivity index (χ4v) is 2.13. The first-order chi connectivity index (χ1) is 8.68. The van der Waals surface area contributed by atoms with Crippen molar-refractivity contribution in [2.45, 2.75) is 10.8 Å². The van der Waals surface area contributed by atoms with E-state index < -0.39 is 16.4 Å². The van der Waals surface area contributed by atoms with Gasteiger partial charge in [0.05, 0.1) is 11.1 Å². The van der Waals surface area contributed by atoms with Crippen LogP contribution >= 0.6 is 11.8 Å². The lowest BCUT2D eigenvalue weighted by molar-refractivity contribution is -0.387. The van der Waals surface area contributed by atoms with Gasteiger partial charge >= 0.3 is 5.69 Å². The number of nitro benzene ring substituents is 1. The van der Waals surface area contributed by atoms with E-state index >= 15 is 0 Å². The molecule has 92 valence electrons. The van der Waals surface area contributed by atoms with Gasteiger partial charge in [0.1, 0.15) is 5.03 Å². The standard InChI is InChI=1S/C11H8FN3O2S/c12-11-8(2-1-3-9(11)15(16)17)7-18-10-6-13-4-5-14-10/h1-6H,7H2. The Balaban J connectivity index is 2.15. The molecule has 5 nitrogen and oxygen atoms in total. The van der Waals surface area contributed by atoms with Gasteiger partial charge in [-0.1, -0.05) is 23.9 Å². The van der Waals surface area contributed by atoms with Crippen LogP contribution in [-0.4, -0.2) is 14.9 Å². The maximum Gasteiger partial charge on any atom is 0.305 e. The molecule has 0 fully saturated rings. The predicted octanol–water partition coefficient (Wildman–Crippen LogP) is 2.82. The number of nitrogens with zero attached hydrogens (tertiary/aromatic N) is 3. The number of hydrogen-bond donors (Lipinski definition) is 0. The van der Waals surface area contributed by atoms with E-state index in [0.717, 1.165) is 6.07 Å². The Morgan fingerprint density at radius 1 is 1.39 bits per heavy atom. The van der Waals surface area contributed by atoms with Gasteiger partial charge in [0.2, 0.25) is 5.82 Å². The number of rotatable bonds is 4. The quantitative estimate of drug-likeness (QED) is 0.483. The fourth-order valence-electron chi connectivity index (χ4n) is 1.33. The van der Waals surface area contributed by atoms with Crippen LogP contribution in [0.4, 0.5) is 10.1 Å². The van der Waals surface area contributed by atoms with E-state index in [0.29, 0.717) is 5.03 Å². The van der Waals surface area contributed by atoms with Gasteiger partial charge in [-0.15, -0.1) is 0 Å². The highest BCUT2D eigenvalue weighted by molar-refractivity contribution is 7.98. The van der Waals surface area contributed by atoms with E-state index in [1.165, 1.54) is 36.3 Å². The topological polar surface area (TPSA) is 68.9 Å². The number of hydrogen-bond acceptors (Lipinski definition) is 5. The Morgan fingerprint density at radius 3 is 2.89 bits per heavy atom. The van der Waals surface area contributed by atoms with E-state index in [9.17, 15) is 14.5 Å². The van der Waals surface area contributed by atoms with Crippen molar-refractivity contribution in [1.29, 1.82) is 0 Å². The van der Waals surface area contributed by atoms with Gasteiger partial charge in [-0.05, 0) is 0 Å². The monoisotopic (exact) mass is 265 g/mol. The molecular formula is C11H8FN3O2S. The predicted molar refractivity (Wildman–Crippen MR) is 64.6 cm³/mol. The highest BCUT2D eigenvalue weighted by atomic mass is 32.2. The normalized spacial score (nSPS) is 10.3. The van der Waals surface area contributed by atoms with Crippen LogP contribution in [0.2, 0.25) is 0 Å². The second-order valence-corrected chi connectivity index (χ2v) is 4.34. The molecule has 0 spiro atoms. The summed E-state index contributed by atoms with van der Waals surface area (Å²) in [6.07, 6.45) is 4.63. The maximum absolute atomic E-state index is 13.7. The second-order valence-electron chi connectivity index (χ2n) is 3.34. The molecule has 0 radical (unpaired) electrons. The Hall–Kier alpha value is -2.02. The van der Waals surface area contributed by atoms with Crippen molar-refractivity contribution < 1.29 is 9.31 Å². The molecule has 0 saturated heterocycles. The van der Waals surface area contributed by atoms with Crippen molar-refractivity contribution in [3.05, 3.63) is 58.3 Å². The highest BCUT2D eigenvalue weighted by Crippen LogP contribution is 2.26. The first kappa shape index (κ1) is 12.4. The van der Waals surface area contributed by atoms with E-state index in [1.54, 1.807) is 6.20 Å². The molecule has 2 aromatic rings. The summed E-state index contributed by atoms with van der Waals surface area (Å²) < 4.78 is 13.7. The van der Waals surface area contributed by atoms with Crippen molar-refractivity contribution >= 4 is 17.4 Å². The first-order valence-corrected chi connectivity index (χ1v) is 5.97. The summed E-state index contributed by atoms with van der Waals surface area (Å²) in [6.45, 7) is 0. The molecule has 18 heavy (non-hydrogen) atoms. The van der Waals surface area contributed by atoms with Crippen LogP contribution < -0.4 is 0 Å². The lowest BCUT2D eigenvalue weighted by Gasteiger charge is -2.02. The van der Waals surface area contributed by atoms with Crippen LogP contribution in [0.25, 0.3) is 0 Å². The van der Waals surface area contributed by atoms with Gasteiger partial charge in [0.25, 0.3) is 0 Å². The Labute approximate surface area is 106 Å². The molecule has 1 aromatic heterocycles. The van der Waals surface area contributed by atoms with Crippen molar-refractivity contribution in [2.24, 2.45) is 0 Å². The zero-order chi connectivity index (χ0) is 13.0. The summed E-state index contributed by atoms with van der Waals surface area (Å²) in [5, 5.41) is 11.2. The van der Waals surface area contributed by atoms with Crippen molar-refractivity contribution in [3.8, 4) is 0 Å². The van der Waals surface area contributed by atoms with E-state index in [4.69, 9.17) is 0 Å². The van der Waals surface area contributed by atoms with Crippen molar-refractivity contribution in [1.82, 2.24) is 9.97 Å². The lowest BCUT2D eigenvalue weighted by Crippen LogP contribution is -1.96. The summed E-state index contributed by atoms with van der Waals surface area (Å²) >= 11 is 1.27. The molecule has 2 rings (SSSR count). The number of halogens is 1. The third-order valence-corrected chi connectivity index (χ3v) is 3.13. The number of aromatic nitrogens is 2. The zero-order valence-corrected chi connectivity index (χ0v) is 9.93. The van der Waals surface area contributed by atoms with Crippen LogP contribution in [0.1, 0.15) is 5.56 Å². The summed E-state index contributed by atoms with van der Waals surface area (Å²) in [5.74, 6) is -0.523. The molecule has 0 saturated carbocycles. The largest absolute Gasteiger partial charge is 0.305 e. The molecule has 0 bridgehead atoms. The summed E-state index contributed by atoms with van der Waals surface area (Å²) in [7, 11) is 0. The lowest BCUT2D eigenvalue weighted by atomic mass is 10.2. The van der Waals surface area contributed by atoms with Gasteiger partial charge in [-0.25, -0.2) is 4.98 Å². The van der Waals surface area contributed by atoms with Crippen molar-refractivity contribution in [2.75, 3.05) is 0 Å². The van der Waals surface area contributed by atoms with Crippen LogP contribution in [0.5, 0.6) is 0 Å². The molecule has 0 aliphatic carbocycles. The van der Waals surface area contributed by atoms with Crippen LogP contribution in [0, 0.1) is 15.9 Å². The smallest absolute Gasteiger partial charge is 0.260 e. The Bertz CT molecular complexity index is 565. The van der Waals surface area contributed by atoms with Crippen molar-refractivity contribution in [3.63, 3.8) is 0 Å². The molecule has 1 heterocycles. The number of benzene rings is 1. The fraction of sp³-hybridized carbons (Fsp3) is 0.0909. The molecule has 0 aliphatic rings. The highest BCUT2D eigenvalue weighted by Gasteiger charge is 2.17. The zero-order valence-electron chi connectivity index (χ0n) is 9.12. The molecule has 0 N–H and O–H groups in total. The minimum Gasteiger partial charge on any atom is -0.260 e. The molecule has 1 aromatic carbocycles. The molecule has 7 heteroatoms. The average Bonchev–Trinajstić information content (AvgIpc) is 2.38. The minimum absolute atomic E-state index is 0.270. The molecule has 0 aliphatic heterocycles. The summed E-state index contributed by atoms with van der Waals surface area (Å²) in [6, 6.07) is 4.13. The Morgan fingerprint density at radius 2 is 2.22 bits per heavy atom. The third-order valence-electron chi connectivity index (χ3n) is 2.17. The number of thioether (sulfide) groups is 1. The van der Waals surface area contributed by atoms with E-state index in [-0.39, 0.29) is 11.3 Å². The van der Waals surface area contributed by atoms with Crippen LogP contribution in [0.15, 0.2) is 41.8 Å². The second kappa shape index (κ2) is 5.54. The van der Waals surface area contributed by atoms with Gasteiger partial charge < -0.3 is 0 Å². The maximum atomic E-state index is 13.7. The van der Waals surface area contributed by atoms with E-state index in [2.05, 4.69) is 9.97 Å². The van der Waals surface area contributed by atoms with Gasteiger partial charge in [0, 0.05) is 29.8 Å². The van der Waals surface area contributed by atoms with Crippen LogP contribution in [-0.2, 0) is 5.75 Å².